The van der Waals surface area contributed by atoms with Gasteiger partial charge in [0.15, 0.2) is 0 Å². The second kappa shape index (κ2) is 12.7. The Morgan fingerprint density at radius 3 is 2.29 bits per heavy atom. The minimum atomic E-state index is -0.0688. The molecule has 0 amide bonds. The molecule has 168 valence electrons. The quantitative estimate of drug-likeness (QED) is 0.256. The minimum Gasteiger partial charge on any atom is -0.426 e. The van der Waals surface area contributed by atoms with Crippen LogP contribution in [0.2, 0.25) is 0 Å². The first-order valence-corrected chi connectivity index (χ1v) is 12.7. The molecule has 31 heavy (non-hydrogen) atoms. The lowest BCUT2D eigenvalue weighted by Gasteiger charge is -2.26. The van der Waals surface area contributed by atoms with Crippen LogP contribution in [0.25, 0.3) is 0 Å². The highest BCUT2D eigenvalue weighted by Crippen LogP contribution is 2.33. The zero-order chi connectivity index (χ0) is 21.9. The number of allylic oxidation sites excluding steroid dienone is 2. The van der Waals surface area contributed by atoms with Gasteiger partial charge in [-0.25, -0.2) is 0 Å². The molecule has 0 heterocycles. The Labute approximate surface area is 189 Å². The molecule has 2 heteroatoms. The molecule has 0 radical (unpaired) electrons. The fraction of sp³-hybridized carbons (Fsp3) is 0.621. The number of benzene rings is 1. The summed E-state index contributed by atoms with van der Waals surface area (Å²) < 4.78 is 5.61. The summed E-state index contributed by atoms with van der Waals surface area (Å²) in [5, 5.41) is 0. The average Bonchev–Trinajstić information content (AvgIpc) is 2.82. The van der Waals surface area contributed by atoms with Crippen molar-refractivity contribution in [3.63, 3.8) is 0 Å². The van der Waals surface area contributed by atoms with Crippen molar-refractivity contribution in [1.29, 1.82) is 0 Å². The van der Waals surface area contributed by atoms with E-state index >= 15 is 0 Å². The lowest BCUT2D eigenvalue weighted by Crippen LogP contribution is -2.25. The molecule has 0 saturated heterocycles. The van der Waals surface area contributed by atoms with E-state index in [1.54, 1.807) is 0 Å². The third-order valence-corrected chi connectivity index (χ3v) is 7.36. The number of hydrogen-bond donors (Lipinski definition) is 0. The van der Waals surface area contributed by atoms with Crippen LogP contribution in [0, 0.1) is 35.5 Å². The van der Waals surface area contributed by atoms with Crippen LogP contribution in [0.15, 0.2) is 36.4 Å². The summed E-state index contributed by atoms with van der Waals surface area (Å²) in [5.41, 5.74) is 0.955. The van der Waals surface area contributed by atoms with Gasteiger partial charge in [0.2, 0.25) is 0 Å². The molecular formula is C29H40O2. The van der Waals surface area contributed by atoms with Crippen molar-refractivity contribution in [2.45, 2.75) is 90.9 Å². The van der Waals surface area contributed by atoms with E-state index in [1.165, 1.54) is 51.4 Å². The van der Waals surface area contributed by atoms with E-state index in [1.807, 2.05) is 30.3 Å². The molecule has 0 spiro atoms. The second-order valence-electron chi connectivity index (χ2n) is 9.62. The van der Waals surface area contributed by atoms with Gasteiger partial charge in [-0.1, -0.05) is 57.4 Å². The summed E-state index contributed by atoms with van der Waals surface area (Å²) >= 11 is 0. The Morgan fingerprint density at radius 2 is 1.65 bits per heavy atom. The molecule has 1 aromatic carbocycles. The zero-order valence-corrected chi connectivity index (χ0v) is 19.6. The highest BCUT2D eigenvalue weighted by Gasteiger charge is 2.27. The number of ether oxygens (including phenoxy) is 1. The third-order valence-electron chi connectivity index (χ3n) is 7.36. The van der Waals surface area contributed by atoms with E-state index in [4.69, 9.17) is 4.74 Å². The van der Waals surface area contributed by atoms with Crippen molar-refractivity contribution in [1.82, 2.24) is 0 Å². The van der Waals surface area contributed by atoms with E-state index in [-0.39, 0.29) is 11.9 Å². The summed E-state index contributed by atoms with van der Waals surface area (Å²) in [4.78, 5) is 12.4. The van der Waals surface area contributed by atoms with E-state index in [9.17, 15) is 4.79 Å². The Bertz CT molecular complexity index is 748. The van der Waals surface area contributed by atoms with Gasteiger partial charge < -0.3 is 4.74 Å². The van der Waals surface area contributed by atoms with Gasteiger partial charge in [0.25, 0.3) is 0 Å². The first-order valence-electron chi connectivity index (χ1n) is 12.7. The molecule has 2 nitrogen and oxygen atoms in total. The van der Waals surface area contributed by atoms with E-state index in [0.29, 0.717) is 11.7 Å². The van der Waals surface area contributed by atoms with Crippen LogP contribution in [-0.4, -0.2) is 5.97 Å². The van der Waals surface area contributed by atoms with Crippen LogP contribution in [-0.2, 0) is 4.79 Å². The Kier molecular flexibility index (Phi) is 9.73. The molecule has 0 bridgehead atoms. The Hall–Kier alpha value is -2.01. The molecular weight excluding hydrogens is 380 g/mol. The second-order valence-corrected chi connectivity index (χ2v) is 9.62. The molecule has 2 fully saturated rings. The summed E-state index contributed by atoms with van der Waals surface area (Å²) in [6, 6.07) is 7.61. The molecule has 2 aliphatic carbocycles. The SMILES string of the molecule is CCCC[C@H]1CC[C@H](C=CC#Cc2ccc(OC(=O)[C@H]3CC[C@H](CC)CC3)cc2)CC1. The molecule has 2 aliphatic rings. The minimum absolute atomic E-state index is 0.0640. The summed E-state index contributed by atoms with van der Waals surface area (Å²) in [6.45, 7) is 4.52. The summed E-state index contributed by atoms with van der Waals surface area (Å²) in [5.74, 6) is 9.44. The smallest absolute Gasteiger partial charge is 0.314 e. The van der Waals surface area contributed by atoms with Gasteiger partial charge in [0.05, 0.1) is 5.92 Å². The summed E-state index contributed by atoms with van der Waals surface area (Å²) in [6.07, 6.45) is 19.3. The molecule has 1 aromatic rings. The largest absolute Gasteiger partial charge is 0.426 e. The van der Waals surface area contributed by atoms with E-state index < -0.39 is 0 Å². The van der Waals surface area contributed by atoms with Gasteiger partial charge in [-0.05, 0) is 99.5 Å². The molecule has 0 aromatic heterocycles. The highest BCUT2D eigenvalue weighted by atomic mass is 16.5. The molecule has 3 rings (SSSR count). The number of hydrogen-bond acceptors (Lipinski definition) is 2. The lowest BCUT2D eigenvalue weighted by atomic mass is 9.80. The van der Waals surface area contributed by atoms with Crippen molar-refractivity contribution in [3.05, 3.63) is 42.0 Å². The highest BCUT2D eigenvalue weighted by molar-refractivity contribution is 5.75. The predicted octanol–water partition coefficient (Wildman–Crippen LogP) is 7.71. The lowest BCUT2D eigenvalue weighted by molar-refractivity contribution is -0.140. The fourth-order valence-electron chi connectivity index (χ4n) is 5.08. The first-order chi connectivity index (χ1) is 15.2. The fourth-order valence-corrected chi connectivity index (χ4v) is 5.08. The van der Waals surface area contributed by atoms with Crippen LogP contribution >= 0.6 is 0 Å². The summed E-state index contributed by atoms with van der Waals surface area (Å²) in [7, 11) is 0. The third kappa shape index (κ3) is 7.88. The van der Waals surface area contributed by atoms with Crippen LogP contribution in [0.3, 0.4) is 0 Å². The number of unbranched alkanes of at least 4 members (excludes halogenated alkanes) is 1. The molecule has 0 unspecified atom stereocenters. The Balaban J connectivity index is 1.40. The van der Waals surface area contributed by atoms with Crippen LogP contribution in [0.1, 0.15) is 96.5 Å². The maximum atomic E-state index is 12.4. The van der Waals surface area contributed by atoms with E-state index in [0.717, 1.165) is 43.1 Å². The molecule has 0 atom stereocenters. The molecule has 2 saturated carbocycles. The normalized spacial score (nSPS) is 26.3. The zero-order valence-electron chi connectivity index (χ0n) is 19.6. The molecule has 0 aliphatic heterocycles. The van der Waals surface area contributed by atoms with Gasteiger partial charge in [-0.3, -0.25) is 4.79 Å². The Morgan fingerprint density at radius 1 is 0.968 bits per heavy atom. The van der Waals surface area contributed by atoms with Gasteiger partial charge in [0.1, 0.15) is 5.75 Å². The number of rotatable bonds is 7. The first kappa shape index (κ1) is 23.6. The number of carbonyl (C=O) groups excluding carboxylic acids is 1. The van der Waals surface area contributed by atoms with Crippen LogP contribution in [0.4, 0.5) is 0 Å². The van der Waals surface area contributed by atoms with Crippen molar-refractivity contribution in [3.8, 4) is 17.6 Å². The predicted molar refractivity (Wildman–Crippen MR) is 129 cm³/mol. The van der Waals surface area contributed by atoms with E-state index in [2.05, 4.69) is 31.8 Å². The van der Waals surface area contributed by atoms with Gasteiger partial charge in [0, 0.05) is 5.56 Å². The van der Waals surface area contributed by atoms with Crippen LogP contribution < -0.4 is 4.74 Å². The topological polar surface area (TPSA) is 26.3 Å². The van der Waals surface area contributed by atoms with Crippen molar-refractivity contribution >= 4 is 5.97 Å². The maximum Gasteiger partial charge on any atom is 0.314 e. The number of carbonyl (C=O) groups is 1. The number of esters is 1. The van der Waals surface area contributed by atoms with Crippen molar-refractivity contribution < 1.29 is 9.53 Å². The maximum absolute atomic E-state index is 12.4. The van der Waals surface area contributed by atoms with Gasteiger partial charge in [-0.2, -0.15) is 0 Å². The average molecular weight is 421 g/mol. The standard InChI is InChI=1S/C29H40O2/c1-3-5-8-24-11-13-25(14-12-24)9-6-7-10-26-17-21-28(22-18-26)31-29(30)27-19-15-23(4-2)16-20-27/h6,9,17-18,21-25,27H,3-5,8,11-16,19-20H2,1-2H3/t23-,24-,25-,27-. The van der Waals surface area contributed by atoms with Crippen molar-refractivity contribution in [2.24, 2.45) is 23.7 Å². The van der Waals surface area contributed by atoms with Crippen molar-refractivity contribution in [2.75, 3.05) is 0 Å². The van der Waals surface area contributed by atoms with Crippen LogP contribution in [0.5, 0.6) is 5.75 Å². The van der Waals surface area contributed by atoms with Gasteiger partial charge >= 0.3 is 5.97 Å². The molecule has 0 N–H and O–H groups in total. The van der Waals surface area contributed by atoms with Gasteiger partial charge in [-0.15, -0.1) is 0 Å². The monoisotopic (exact) mass is 420 g/mol.